The second kappa shape index (κ2) is 8.47. The summed E-state index contributed by atoms with van der Waals surface area (Å²) in [6.45, 7) is 7.64. The van der Waals surface area contributed by atoms with E-state index < -0.39 is 17.5 Å². The maximum Gasteiger partial charge on any atom is 0.316 e. The fraction of sp³-hybridized carbons (Fsp3) is 0.409. The number of fused-ring (bicyclic) bond motifs is 1. The predicted octanol–water partition coefficient (Wildman–Crippen LogP) is 3.56. The molecule has 1 aliphatic carbocycles. The van der Waals surface area contributed by atoms with Gasteiger partial charge in [-0.05, 0) is 44.5 Å². The molecule has 1 aromatic heterocycles. The van der Waals surface area contributed by atoms with Gasteiger partial charge in [0.1, 0.15) is 29.3 Å². The molecule has 7 nitrogen and oxygen atoms in total. The van der Waals surface area contributed by atoms with E-state index in [1.807, 2.05) is 6.92 Å². The van der Waals surface area contributed by atoms with Crippen LogP contribution in [0.15, 0.2) is 31.4 Å². The van der Waals surface area contributed by atoms with Crippen LogP contribution < -0.4 is 9.47 Å². The lowest BCUT2D eigenvalue weighted by Crippen LogP contribution is -2.36. The van der Waals surface area contributed by atoms with Crippen molar-refractivity contribution in [3.05, 3.63) is 53.6 Å². The zero-order valence-corrected chi connectivity index (χ0v) is 18.7. The third-order valence-electron chi connectivity index (χ3n) is 5.64. The van der Waals surface area contributed by atoms with Gasteiger partial charge < -0.3 is 18.9 Å². The van der Waals surface area contributed by atoms with Crippen molar-refractivity contribution in [3.63, 3.8) is 0 Å². The van der Waals surface area contributed by atoms with Crippen LogP contribution in [-0.4, -0.2) is 42.0 Å². The molecule has 0 radical (unpaired) electrons. The van der Waals surface area contributed by atoms with Crippen LogP contribution in [0.5, 0.6) is 11.5 Å². The number of ether oxygens (including phenoxy) is 4. The first-order valence-corrected chi connectivity index (χ1v) is 9.89. The van der Waals surface area contributed by atoms with Crippen LogP contribution in [0.4, 0.5) is 0 Å². The van der Waals surface area contributed by atoms with E-state index in [1.54, 1.807) is 50.5 Å². The van der Waals surface area contributed by atoms with E-state index in [1.165, 1.54) is 7.11 Å². The van der Waals surface area contributed by atoms with Gasteiger partial charge in [0.15, 0.2) is 0 Å². The first-order chi connectivity index (χ1) is 14.3. The number of aromatic nitrogens is 2. The number of nitrogens with zero attached hydrogens (tertiary/aromatic N) is 2. The molecule has 1 aromatic carbocycles. The molecule has 0 amide bonds. The van der Waals surface area contributed by atoms with Gasteiger partial charge in [-0.1, -0.05) is 6.08 Å². The van der Waals surface area contributed by atoms with Crippen molar-refractivity contribution in [2.24, 2.45) is 5.41 Å². The van der Waals surface area contributed by atoms with Gasteiger partial charge in [-0.25, -0.2) is 4.98 Å². The van der Waals surface area contributed by atoms with Crippen LogP contribution in [0.2, 0.25) is 0 Å². The van der Waals surface area contributed by atoms with Crippen molar-refractivity contribution < 1.29 is 23.7 Å². The molecule has 0 aliphatic heterocycles. The summed E-state index contributed by atoms with van der Waals surface area (Å²) < 4.78 is 24.5. The zero-order chi connectivity index (χ0) is 22.1. The highest BCUT2D eigenvalue weighted by Gasteiger charge is 2.54. The van der Waals surface area contributed by atoms with Crippen molar-refractivity contribution in [2.45, 2.75) is 32.8 Å². The van der Waals surface area contributed by atoms with E-state index in [4.69, 9.17) is 31.2 Å². The quantitative estimate of drug-likeness (QED) is 0.394. The lowest BCUT2D eigenvalue weighted by molar-refractivity contribution is -0.157. The number of hydrogen-bond acceptors (Lipinski definition) is 7. The minimum Gasteiger partial charge on any atom is -0.496 e. The molecule has 160 valence electrons. The van der Waals surface area contributed by atoms with Gasteiger partial charge in [-0.2, -0.15) is 0 Å². The fourth-order valence-corrected chi connectivity index (χ4v) is 4.42. The van der Waals surface area contributed by atoms with E-state index in [0.29, 0.717) is 24.3 Å². The van der Waals surface area contributed by atoms with Crippen molar-refractivity contribution in [1.29, 1.82) is 0 Å². The molecule has 2 aromatic rings. The summed E-state index contributed by atoms with van der Waals surface area (Å²) in [4.78, 5) is 16.9. The Kier molecular flexibility index (Phi) is 6.17. The Bertz CT molecular complexity index is 986. The number of benzene rings is 1. The molecule has 0 bridgehead atoms. The van der Waals surface area contributed by atoms with E-state index in [9.17, 15) is 4.79 Å². The molecule has 1 heterocycles. The number of esters is 1. The van der Waals surface area contributed by atoms with Crippen LogP contribution in [-0.2, 0) is 27.1 Å². The molecular formula is C22H26N2O5S. The Morgan fingerprint density at radius 2 is 2.07 bits per heavy atom. The van der Waals surface area contributed by atoms with Crippen LogP contribution in [0, 0.1) is 12.3 Å². The highest BCUT2D eigenvalue weighted by Crippen LogP contribution is 2.56. The molecular weight excluding hydrogens is 404 g/mol. The van der Waals surface area contributed by atoms with Crippen molar-refractivity contribution in [1.82, 2.24) is 9.55 Å². The number of imidazole rings is 1. The van der Waals surface area contributed by atoms with Gasteiger partial charge in [-0.15, -0.1) is 6.58 Å². The van der Waals surface area contributed by atoms with Gasteiger partial charge in [0, 0.05) is 29.1 Å². The summed E-state index contributed by atoms with van der Waals surface area (Å²) in [5, 5.41) is 0.173. The van der Waals surface area contributed by atoms with Crippen molar-refractivity contribution >= 4 is 23.4 Å². The molecule has 0 saturated carbocycles. The van der Waals surface area contributed by atoms with E-state index >= 15 is 0 Å². The summed E-state index contributed by atoms with van der Waals surface area (Å²) in [5.41, 5.74) is 2.44. The van der Waals surface area contributed by atoms with Crippen LogP contribution in [0.3, 0.4) is 0 Å². The summed E-state index contributed by atoms with van der Waals surface area (Å²) in [5.74, 6) is 0.954. The summed E-state index contributed by atoms with van der Waals surface area (Å²) in [6.07, 6.45) is 6.84. The lowest BCUT2D eigenvalue weighted by Gasteiger charge is -2.30. The first-order valence-electron chi connectivity index (χ1n) is 9.48. The molecule has 0 fully saturated rings. The highest BCUT2D eigenvalue weighted by atomic mass is 32.1. The average molecular weight is 431 g/mol. The van der Waals surface area contributed by atoms with Crippen LogP contribution >= 0.6 is 12.2 Å². The molecule has 1 aliphatic rings. The number of carbonyl (C=O) groups excluding carboxylic acids is 1. The van der Waals surface area contributed by atoms with Crippen LogP contribution in [0.1, 0.15) is 35.3 Å². The molecule has 30 heavy (non-hydrogen) atoms. The van der Waals surface area contributed by atoms with Gasteiger partial charge >= 0.3 is 5.97 Å². The van der Waals surface area contributed by atoms with Crippen molar-refractivity contribution in [2.75, 3.05) is 21.3 Å². The van der Waals surface area contributed by atoms with Gasteiger partial charge in [0.25, 0.3) is 5.17 Å². The minimum atomic E-state index is -1.03. The second-order valence-electron chi connectivity index (χ2n) is 7.37. The molecule has 8 heteroatoms. The Labute approximate surface area is 181 Å². The molecule has 2 atom stereocenters. The third-order valence-corrected chi connectivity index (χ3v) is 5.95. The molecule has 3 rings (SSSR count). The summed E-state index contributed by atoms with van der Waals surface area (Å²) >= 11 is 5.48. The molecule has 0 spiro atoms. The predicted molar refractivity (Wildman–Crippen MR) is 116 cm³/mol. The standard InChI is InChI=1S/C22H26N2O5S/c1-7-8-14-13(2)17(26-4)15-11-22(3,20(25)28-6)19(16(15)18(14)27-5)29-21(30)24-10-9-23-12-24/h7,9-10,12,19H,1,8,11H2,2-6H3. The molecule has 2 unspecified atom stereocenters. The number of rotatable bonds is 6. The number of thiocarbonyl (C=S) groups is 1. The first kappa shape index (κ1) is 21.8. The smallest absolute Gasteiger partial charge is 0.316 e. The Balaban J connectivity index is 2.26. The van der Waals surface area contributed by atoms with Gasteiger partial charge in [-0.3, -0.25) is 9.36 Å². The number of carbonyl (C=O) groups is 1. The normalized spacial score (nSPS) is 19.7. The molecule has 0 N–H and O–H groups in total. The number of hydrogen-bond donors (Lipinski definition) is 0. The van der Waals surface area contributed by atoms with E-state index in [2.05, 4.69) is 11.6 Å². The number of allylic oxidation sites excluding steroid dienone is 1. The maximum atomic E-state index is 12.9. The fourth-order valence-electron chi connectivity index (χ4n) is 4.22. The second-order valence-corrected chi connectivity index (χ2v) is 7.72. The zero-order valence-electron chi connectivity index (χ0n) is 17.9. The van der Waals surface area contributed by atoms with Gasteiger partial charge in [0.2, 0.25) is 0 Å². The third kappa shape index (κ3) is 3.35. The minimum absolute atomic E-state index is 0.173. The summed E-state index contributed by atoms with van der Waals surface area (Å²) in [7, 11) is 4.59. The topological polar surface area (TPSA) is 71.8 Å². The lowest BCUT2D eigenvalue weighted by atomic mass is 9.84. The van der Waals surface area contributed by atoms with E-state index in [0.717, 1.165) is 22.3 Å². The summed E-state index contributed by atoms with van der Waals surface area (Å²) in [6, 6.07) is 0. The average Bonchev–Trinajstić information content (AvgIpc) is 3.36. The Morgan fingerprint density at radius 3 is 2.60 bits per heavy atom. The Morgan fingerprint density at radius 1 is 1.37 bits per heavy atom. The monoisotopic (exact) mass is 430 g/mol. The van der Waals surface area contributed by atoms with Crippen LogP contribution in [0.25, 0.3) is 0 Å². The SMILES string of the molecule is C=CCc1c(C)c(OC)c2c(c1OC)C(OC(=S)n1ccnc1)C(C)(C(=O)OC)C2. The maximum absolute atomic E-state index is 12.9. The largest absolute Gasteiger partial charge is 0.496 e. The van der Waals surface area contributed by atoms with E-state index in [-0.39, 0.29) is 5.17 Å². The number of methoxy groups -OCH3 is 3. The van der Waals surface area contributed by atoms with Gasteiger partial charge in [0.05, 0.1) is 21.3 Å². The Hall–Kier alpha value is -2.87. The highest BCUT2D eigenvalue weighted by molar-refractivity contribution is 7.80. The van der Waals surface area contributed by atoms with Crippen molar-refractivity contribution in [3.8, 4) is 11.5 Å². The molecule has 0 saturated heterocycles.